The summed E-state index contributed by atoms with van der Waals surface area (Å²) in [7, 11) is 1.54. The molecule has 5 aromatic rings. The van der Waals surface area contributed by atoms with Crippen molar-refractivity contribution in [1.82, 2.24) is 29.0 Å². The summed E-state index contributed by atoms with van der Waals surface area (Å²) < 4.78 is 43.5. The summed E-state index contributed by atoms with van der Waals surface area (Å²) in [5.41, 5.74) is 1.46. The number of anilines is 1. The van der Waals surface area contributed by atoms with Crippen LogP contribution in [0.1, 0.15) is 63.4 Å². The first-order valence-electron chi connectivity index (χ1n) is 16.7. The molecule has 0 saturated carbocycles. The van der Waals surface area contributed by atoms with Crippen LogP contribution in [-0.4, -0.2) is 66.7 Å². The summed E-state index contributed by atoms with van der Waals surface area (Å²) in [4.78, 5) is 55.8. The second-order valence-corrected chi connectivity index (χ2v) is 13.9. The van der Waals surface area contributed by atoms with Gasteiger partial charge in [-0.1, -0.05) is 40.3 Å². The lowest BCUT2D eigenvalue weighted by atomic mass is 9.94. The van der Waals surface area contributed by atoms with E-state index in [0.29, 0.717) is 33.7 Å². The highest BCUT2D eigenvalue weighted by Crippen LogP contribution is 2.45. The molecule has 0 bridgehead atoms. The quantitative estimate of drug-likeness (QED) is 0.245. The maximum atomic E-state index is 17.9. The number of nitrogens with one attached hydrogen (secondary N) is 1. The minimum atomic E-state index is -0.979. The van der Waals surface area contributed by atoms with Crippen LogP contribution in [0.2, 0.25) is 0 Å². The van der Waals surface area contributed by atoms with Crippen molar-refractivity contribution in [3.63, 3.8) is 0 Å². The first-order valence-corrected chi connectivity index (χ1v) is 16.7. The van der Waals surface area contributed by atoms with E-state index in [1.54, 1.807) is 24.0 Å². The lowest BCUT2D eigenvalue weighted by molar-refractivity contribution is -0.129. The summed E-state index contributed by atoms with van der Waals surface area (Å²) in [6, 6.07) is 3.94. The second-order valence-electron chi connectivity index (χ2n) is 13.9. The Labute approximate surface area is 286 Å². The van der Waals surface area contributed by atoms with Gasteiger partial charge in [0.05, 0.1) is 50.9 Å². The van der Waals surface area contributed by atoms with Gasteiger partial charge in [0.15, 0.2) is 5.82 Å². The van der Waals surface area contributed by atoms with Gasteiger partial charge in [-0.3, -0.25) is 18.7 Å². The fourth-order valence-electron chi connectivity index (χ4n) is 7.59. The third-order valence-corrected chi connectivity index (χ3v) is 10.0. The molecule has 2 unspecified atom stereocenters. The summed E-state index contributed by atoms with van der Waals surface area (Å²) in [6.07, 6.45) is 2.69. The molecule has 1 fully saturated rings. The number of carbonyl (C=O) groups is 1. The number of piperazine rings is 1. The third kappa shape index (κ3) is 4.77. The average molecular weight is 684 g/mol. The van der Waals surface area contributed by atoms with Crippen LogP contribution in [0.15, 0.2) is 46.8 Å². The van der Waals surface area contributed by atoms with Gasteiger partial charge in [0.1, 0.15) is 18.8 Å². The van der Waals surface area contributed by atoms with Crippen molar-refractivity contribution < 1.29 is 18.3 Å². The molecule has 2 atom stereocenters. The highest BCUT2D eigenvalue weighted by molar-refractivity contribution is 6.03. The molecule has 5 heterocycles. The highest BCUT2D eigenvalue weighted by Gasteiger charge is 2.41. The number of nitrogens with zero attached hydrogens (tertiary/aromatic N) is 6. The molecule has 13 heteroatoms. The van der Waals surface area contributed by atoms with Gasteiger partial charge in [0, 0.05) is 37.1 Å². The third-order valence-electron chi connectivity index (χ3n) is 10.0. The van der Waals surface area contributed by atoms with Crippen LogP contribution < -0.4 is 20.9 Å². The van der Waals surface area contributed by atoms with E-state index < -0.39 is 28.9 Å². The van der Waals surface area contributed by atoms with E-state index in [2.05, 4.69) is 21.5 Å². The zero-order valence-corrected chi connectivity index (χ0v) is 29.1. The number of rotatable bonds is 5. The number of aryl methyl sites for hydroxylation is 2. The molecule has 0 spiro atoms. The molecule has 3 aromatic heterocycles. The van der Waals surface area contributed by atoms with Gasteiger partial charge in [-0.2, -0.15) is 0 Å². The van der Waals surface area contributed by atoms with Crippen LogP contribution in [0.3, 0.4) is 0 Å². The van der Waals surface area contributed by atoms with Crippen LogP contribution in [-0.2, 0) is 11.8 Å². The second kappa shape index (κ2) is 11.9. The van der Waals surface area contributed by atoms with E-state index in [9.17, 15) is 14.4 Å². The van der Waals surface area contributed by atoms with E-state index in [1.807, 2.05) is 39.5 Å². The first-order chi connectivity index (χ1) is 23.8. The number of benzene rings is 2. The molecular weight excluding hydrogens is 644 g/mol. The zero-order chi connectivity index (χ0) is 35.9. The van der Waals surface area contributed by atoms with Gasteiger partial charge in [-0.15, -0.1) is 0 Å². The number of hydrogen-bond acceptors (Lipinski definition) is 7. The molecule has 2 aromatic carbocycles. The number of imidazole rings is 1. The summed E-state index contributed by atoms with van der Waals surface area (Å²) in [6.45, 7) is 15.6. The van der Waals surface area contributed by atoms with Gasteiger partial charge in [0.25, 0.3) is 5.56 Å². The molecule has 7 rings (SSSR count). The Morgan fingerprint density at radius 1 is 1.04 bits per heavy atom. The van der Waals surface area contributed by atoms with Crippen molar-refractivity contribution in [3.05, 3.63) is 86.6 Å². The van der Waals surface area contributed by atoms with Crippen LogP contribution in [0, 0.1) is 18.6 Å². The Morgan fingerprint density at radius 3 is 2.36 bits per heavy atom. The lowest BCUT2D eigenvalue weighted by Crippen LogP contribution is -2.62. The molecular formula is C37H39F2N7O4. The number of halogens is 2. The Hall–Kier alpha value is -5.33. The lowest BCUT2D eigenvalue weighted by Gasteiger charge is -2.48. The van der Waals surface area contributed by atoms with Crippen molar-refractivity contribution in [2.24, 2.45) is 7.05 Å². The van der Waals surface area contributed by atoms with Gasteiger partial charge in [-0.05, 0) is 49.5 Å². The van der Waals surface area contributed by atoms with Crippen molar-refractivity contribution in [2.75, 3.05) is 24.6 Å². The maximum absolute atomic E-state index is 17.9. The number of aromatic nitrogens is 5. The molecule has 2 aliphatic heterocycles. The standard InChI is InChI=1S/C37H39F2N7O4/c1-9-25(47)44-14-21-15-50-35-32(45(21)13-20(44)7)22-12-23(38)27(26-19(6)10-11-24-33(26)43(8)37(49)42-24)28(39)31(22)46(36(35)48)34-29(17(2)3)40-16-41-30(34)18(4)5/h9-12,16-18,20-21H,1,13-15H2,2-8H3,(H,42,49). The first kappa shape index (κ1) is 33.2. The molecule has 1 saturated heterocycles. The number of fused-ring (bicyclic) bond motifs is 6. The van der Waals surface area contributed by atoms with E-state index in [4.69, 9.17) is 4.74 Å². The Morgan fingerprint density at radius 2 is 1.72 bits per heavy atom. The van der Waals surface area contributed by atoms with Crippen molar-refractivity contribution in [2.45, 2.75) is 65.5 Å². The monoisotopic (exact) mass is 683 g/mol. The number of ether oxygens (including phenoxy) is 1. The molecule has 260 valence electrons. The minimum Gasteiger partial charge on any atom is -0.484 e. The van der Waals surface area contributed by atoms with Gasteiger partial charge >= 0.3 is 5.69 Å². The van der Waals surface area contributed by atoms with Crippen LogP contribution >= 0.6 is 0 Å². The number of hydrogen-bond donors (Lipinski definition) is 1. The largest absolute Gasteiger partial charge is 0.484 e. The Bertz CT molecular complexity index is 2350. The molecule has 11 nitrogen and oxygen atoms in total. The zero-order valence-electron chi connectivity index (χ0n) is 29.1. The predicted octanol–water partition coefficient (Wildman–Crippen LogP) is 5.45. The summed E-state index contributed by atoms with van der Waals surface area (Å²) in [5, 5.41) is 0.125. The Balaban J connectivity index is 1.65. The number of H-pyrrole nitrogens is 1. The maximum Gasteiger partial charge on any atom is 0.326 e. The van der Waals surface area contributed by atoms with Crippen molar-refractivity contribution in [3.8, 4) is 22.6 Å². The van der Waals surface area contributed by atoms with E-state index in [0.717, 1.165) is 0 Å². The van der Waals surface area contributed by atoms with E-state index in [1.165, 1.54) is 34.7 Å². The highest BCUT2D eigenvalue weighted by atomic mass is 19.1. The number of carbonyl (C=O) groups excluding carboxylic acids is 1. The van der Waals surface area contributed by atoms with Gasteiger partial charge in [-0.25, -0.2) is 23.5 Å². The smallest absolute Gasteiger partial charge is 0.326 e. The number of pyridine rings is 1. The van der Waals surface area contributed by atoms with E-state index in [-0.39, 0.29) is 76.9 Å². The fourth-order valence-corrected chi connectivity index (χ4v) is 7.59. The minimum absolute atomic E-state index is 0.0458. The molecule has 0 radical (unpaired) electrons. The number of amides is 1. The summed E-state index contributed by atoms with van der Waals surface area (Å²) >= 11 is 0. The van der Waals surface area contributed by atoms with Gasteiger partial charge in [0.2, 0.25) is 11.7 Å². The Kier molecular flexibility index (Phi) is 7.91. The molecule has 0 aliphatic carbocycles. The molecule has 1 N–H and O–H groups in total. The normalized spacial score (nSPS) is 17.4. The predicted molar refractivity (Wildman–Crippen MR) is 189 cm³/mol. The van der Waals surface area contributed by atoms with Crippen molar-refractivity contribution in [1.29, 1.82) is 0 Å². The van der Waals surface area contributed by atoms with Gasteiger partial charge < -0.3 is 19.5 Å². The number of aromatic amines is 1. The fraction of sp³-hybridized carbons (Fsp3) is 0.378. The molecule has 2 aliphatic rings. The molecule has 1 amide bonds. The SMILES string of the molecule is C=CC(=O)N1CC2COc3c(c4cc(F)c(-c5c(C)ccc6[nH]c(=O)n(C)c56)c(F)c4n(-c4c(C(C)C)ncnc4C(C)C)c3=O)N2CC1C. The summed E-state index contributed by atoms with van der Waals surface area (Å²) in [5.74, 6) is -2.53. The average Bonchev–Trinajstić information content (AvgIpc) is 3.37. The topological polar surface area (TPSA) is 118 Å². The van der Waals surface area contributed by atoms with Crippen LogP contribution in [0.5, 0.6) is 5.75 Å². The van der Waals surface area contributed by atoms with Crippen LogP contribution in [0.4, 0.5) is 14.5 Å². The molecule has 50 heavy (non-hydrogen) atoms. The van der Waals surface area contributed by atoms with Crippen LogP contribution in [0.25, 0.3) is 38.8 Å². The van der Waals surface area contributed by atoms with Crippen molar-refractivity contribution >= 4 is 33.5 Å². The van der Waals surface area contributed by atoms with E-state index >= 15 is 8.78 Å².